The molecule has 0 aromatic carbocycles. The number of hydrogen-bond acceptors (Lipinski definition) is 5. The van der Waals surface area contributed by atoms with Crippen LogP contribution in [0.15, 0.2) is 35.1 Å². The normalized spacial score (nSPS) is 12.7. The van der Waals surface area contributed by atoms with E-state index in [0.29, 0.717) is 19.8 Å². The molecule has 6 heteroatoms. The summed E-state index contributed by atoms with van der Waals surface area (Å²) in [6.45, 7) is 1.99. The first-order valence-electron chi connectivity index (χ1n) is 6.71. The van der Waals surface area contributed by atoms with Gasteiger partial charge in [-0.05, 0) is 18.2 Å². The van der Waals surface area contributed by atoms with Gasteiger partial charge in [0.05, 0.1) is 19.0 Å². The zero-order valence-electron chi connectivity index (χ0n) is 11.7. The van der Waals surface area contributed by atoms with E-state index in [-0.39, 0.29) is 0 Å². The van der Waals surface area contributed by atoms with Gasteiger partial charge in [0.15, 0.2) is 0 Å². The molecular formula is C14H21N3O3. The molecule has 0 saturated heterocycles. The molecule has 20 heavy (non-hydrogen) atoms. The Morgan fingerprint density at radius 2 is 2.40 bits per heavy atom. The summed E-state index contributed by atoms with van der Waals surface area (Å²) in [4.78, 5) is 0. The highest BCUT2D eigenvalue weighted by atomic mass is 16.5. The van der Waals surface area contributed by atoms with Gasteiger partial charge < -0.3 is 19.6 Å². The number of furan rings is 1. The third-order valence-electron chi connectivity index (χ3n) is 2.99. The summed E-state index contributed by atoms with van der Waals surface area (Å²) in [5.74, 6) is 0.765. The average molecular weight is 279 g/mol. The Kier molecular flexibility index (Phi) is 5.79. The molecule has 0 aliphatic carbocycles. The topological polar surface area (TPSA) is 72.5 Å². The monoisotopic (exact) mass is 279 g/mol. The first-order chi connectivity index (χ1) is 9.75. The van der Waals surface area contributed by atoms with Crippen LogP contribution in [0.1, 0.15) is 11.5 Å². The van der Waals surface area contributed by atoms with Gasteiger partial charge in [0.1, 0.15) is 12.4 Å². The highest BCUT2D eigenvalue weighted by molar-refractivity contribution is 5.00. The summed E-state index contributed by atoms with van der Waals surface area (Å²) in [6, 6.07) is 5.65. The van der Waals surface area contributed by atoms with Crippen molar-refractivity contribution >= 4 is 0 Å². The minimum atomic E-state index is -0.517. The number of nitrogens with zero attached hydrogens (tertiary/aromatic N) is 2. The van der Waals surface area contributed by atoms with Crippen LogP contribution in [0.4, 0.5) is 0 Å². The lowest BCUT2D eigenvalue weighted by atomic mass is 10.3. The number of ether oxygens (including phenoxy) is 1. The van der Waals surface area contributed by atoms with Crippen molar-refractivity contribution in [2.75, 3.05) is 19.7 Å². The molecule has 110 valence electrons. The van der Waals surface area contributed by atoms with E-state index in [4.69, 9.17) is 9.15 Å². The van der Waals surface area contributed by atoms with E-state index in [1.54, 1.807) is 12.5 Å². The summed E-state index contributed by atoms with van der Waals surface area (Å²) >= 11 is 0. The molecule has 2 rings (SSSR count). The maximum Gasteiger partial charge on any atom is 0.129 e. The van der Waals surface area contributed by atoms with Crippen molar-refractivity contribution in [3.05, 3.63) is 42.1 Å². The Hall–Kier alpha value is -1.63. The van der Waals surface area contributed by atoms with Crippen LogP contribution in [-0.2, 0) is 24.8 Å². The second-order valence-corrected chi connectivity index (χ2v) is 4.65. The Morgan fingerprint density at radius 1 is 1.50 bits per heavy atom. The van der Waals surface area contributed by atoms with Crippen LogP contribution >= 0.6 is 0 Å². The third kappa shape index (κ3) is 4.80. The molecule has 0 fully saturated rings. The van der Waals surface area contributed by atoms with Crippen LogP contribution in [0, 0.1) is 0 Å². The number of aromatic nitrogens is 2. The second kappa shape index (κ2) is 7.84. The van der Waals surface area contributed by atoms with Gasteiger partial charge in [0, 0.05) is 38.4 Å². The van der Waals surface area contributed by atoms with E-state index in [9.17, 15) is 5.11 Å². The molecule has 2 aromatic rings. The molecule has 6 nitrogen and oxygen atoms in total. The lowest BCUT2D eigenvalue weighted by Crippen LogP contribution is -2.31. The minimum absolute atomic E-state index is 0.291. The molecule has 2 heterocycles. The zero-order valence-corrected chi connectivity index (χ0v) is 11.7. The fourth-order valence-corrected chi connectivity index (χ4v) is 1.88. The molecule has 1 unspecified atom stereocenters. The zero-order chi connectivity index (χ0) is 14.2. The summed E-state index contributed by atoms with van der Waals surface area (Å²) in [6.07, 6.45) is 3.76. The fraction of sp³-hybridized carbons (Fsp3) is 0.500. The van der Waals surface area contributed by atoms with Gasteiger partial charge in [-0.15, -0.1) is 0 Å². The quantitative estimate of drug-likeness (QED) is 0.662. The molecule has 0 radical (unpaired) electrons. The van der Waals surface area contributed by atoms with E-state index in [2.05, 4.69) is 10.4 Å². The Labute approximate surface area is 118 Å². The summed E-state index contributed by atoms with van der Waals surface area (Å²) in [7, 11) is 1.92. The molecular weight excluding hydrogens is 258 g/mol. The molecule has 0 aliphatic heterocycles. The van der Waals surface area contributed by atoms with Crippen molar-refractivity contribution in [2.45, 2.75) is 19.1 Å². The average Bonchev–Trinajstić information content (AvgIpc) is 3.07. The Balaban J connectivity index is 1.52. The number of aliphatic hydroxyl groups is 1. The maximum atomic E-state index is 9.75. The van der Waals surface area contributed by atoms with E-state index in [1.807, 2.05) is 29.9 Å². The smallest absolute Gasteiger partial charge is 0.129 e. The number of nitrogens with one attached hydrogen (secondary N) is 1. The van der Waals surface area contributed by atoms with Gasteiger partial charge in [-0.25, -0.2) is 0 Å². The van der Waals surface area contributed by atoms with Crippen LogP contribution in [0.25, 0.3) is 0 Å². The highest BCUT2D eigenvalue weighted by Gasteiger charge is 2.05. The van der Waals surface area contributed by atoms with Crippen LogP contribution in [0.2, 0.25) is 0 Å². The van der Waals surface area contributed by atoms with Crippen LogP contribution in [-0.4, -0.2) is 40.7 Å². The van der Waals surface area contributed by atoms with Crippen molar-refractivity contribution in [3.63, 3.8) is 0 Å². The maximum absolute atomic E-state index is 9.75. The first kappa shape index (κ1) is 14.8. The van der Waals surface area contributed by atoms with Gasteiger partial charge in [0.2, 0.25) is 0 Å². The molecule has 0 spiro atoms. The van der Waals surface area contributed by atoms with Gasteiger partial charge >= 0.3 is 0 Å². The number of rotatable bonds is 9. The van der Waals surface area contributed by atoms with Gasteiger partial charge in [-0.3, -0.25) is 4.68 Å². The van der Waals surface area contributed by atoms with E-state index in [1.165, 1.54) is 5.69 Å². The van der Waals surface area contributed by atoms with Gasteiger partial charge in [0.25, 0.3) is 0 Å². The van der Waals surface area contributed by atoms with Crippen molar-refractivity contribution in [1.82, 2.24) is 15.1 Å². The number of aliphatic hydroxyl groups excluding tert-OH is 1. The number of hydrogen-bond donors (Lipinski definition) is 2. The third-order valence-corrected chi connectivity index (χ3v) is 2.99. The fourth-order valence-electron chi connectivity index (χ4n) is 1.88. The van der Waals surface area contributed by atoms with E-state index in [0.717, 1.165) is 18.7 Å². The first-order valence-corrected chi connectivity index (χ1v) is 6.71. The van der Waals surface area contributed by atoms with E-state index < -0.39 is 6.10 Å². The van der Waals surface area contributed by atoms with Crippen molar-refractivity contribution in [3.8, 4) is 0 Å². The van der Waals surface area contributed by atoms with Crippen LogP contribution < -0.4 is 5.32 Å². The minimum Gasteiger partial charge on any atom is -0.467 e. The van der Waals surface area contributed by atoms with Crippen molar-refractivity contribution in [2.24, 2.45) is 7.05 Å². The lowest BCUT2D eigenvalue weighted by Gasteiger charge is -2.12. The SMILES string of the molecule is Cn1nccc1CCNCC(O)COCc1ccco1. The molecule has 0 aliphatic rings. The predicted molar refractivity (Wildman–Crippen MR) is 74.2 cm³/mol. The Morgan fingerprint density at radius 3 is 3.10 bits per heavy atom. The summed E-state index contributed by atoms with van der Waals surface area (Å²) in [5, 5.41) is 17.1. The number of aryl methyl sites for hydroxylation is 1. The predicted octanol–water partition coefficient (Wildman–Crippen LogP) is 0.723. The van der Waals surface area contributed by atoms with Crippen LogP contribution in [0.5, 0.6) is 0 Å². The summed E-state index contributed by atoms with van der Waals surface area (Å²) in [5.41, 5.74) is 1.17. The molecule has 0 amide bonds. The van der Waals surface area contributed by atoms with Crippen LogP contribution in [0.3, 0.4) is 0 Å². The molecule has 0 bridgehead atoms. The van der Waals surface area contributed by atoms with Crippen molar-refractivity contribution in [1.29, 1.82) is 0 Å². The molecule has 2 N–H and O–H groups in total. The van der Waals surface area contributed by atoms with Gasteiger partial charge in [-0.2, -0.15) is 5.10 Å². The molecule has 2 aromatic heterocycles. The van der Waals surface area contributed by atoms with Gasteiger partial charge in [-0.1, -0.05) is 0 Å². The highest BCUT2D eigenvalue weighted by Crippen LogP contribution is 2.02. The second-order valence-electron chi connectivity index (χ2n) is 4.65. The largest absolute Gasteiger partial charge is 0.467 e. The van der Waals surface area contributed by atoms with Crippen molar-refractivity contribution < 1.29 is 14.3 Å². The molecule has 1 atom stereocenters. The Bertz CT molecular complexity index is 482. The molecule has 0 saturated carbocycles. The van der Waals surface area contributed by atoms with E-state index >= 15 is 0 Å². The standard InChI is InChI=1S/C14H21N3O3/c1-17-12(5-7-16-17)4-6-15-9-13(18)10-19-11-14-3-2-8-20-14/h2-3,5,7-8,13,15,18H,4,6,9-11H2,1H3. The lowest BCUT2D eigenvalue weighted by molar-refractivity contribution is 0.0228. The summed E-state index contributed by atoms with van der Waals surface area (Å²) < 4.78 is 12.4.